The van der Waals surface area contributed by atoms with E-state index in [1.165, 1.54) is 6.92 Å². The molecule has 0 aromatic heterocycles. The van der Waals surface area contributed by atoms with Crippen LogP contribution in [0.4, 0.5) is 0 Å². The Kier molecular flexibility index (Phi) is 15.6. The minimum atomic E-state index is -0.825. The predicted octanol–water partition coefficient (Wildman–Crippen LogP) is 10.3. The molecule has 0 aromatic rings. The first-order valence-corrected chi connectivity index (χ1v) is 17.3. The fraction of sp³-hybridized carbons (Fsp3) is 0.432. The minimum Gasteiger partial charge on any atom is -0.454 e. The lowest BCUT2D eigenvalue weighted by atomic mass is 9.71. The number of carbonyl (C=O) groups excluding carboxylic acids is 3. The number of aliphatic hydroxyl groups is 1. The van der Waals surface area contributed by atoms with E-state index in [-0.39, 0.29) is 28.8 Å². The van der Waals surface area contributed by atoms with E-state index in [9.17, 15) is 19.5 Å². The molecule has 264 valence electrons. The second-order valence-electron chi connectivity index (χ2n) is 14.8. The maximum Gasteiger partial charge on any atom is 0.309 e. The van der Waals surface area contributed by atoms with Gasteiger partial charge in [0, 0.05) is 12.8 Å². The topological polar surface area (TPSA) is 80.7 Å². The molecule has 0 radical (unpaired) electrons. The molecule has 0 aromatic carbocycles. The average Bonchev–Trinajstić information content (AvgIpc) is 2.99. The quantitative estimate of drug-likeness (QED) is 0.156. The zero-order valence-electron chi connectivity index (χ0n) is 31.6. The third-order valence-electron chi connectivity index (χ3n) is 9.05. The lowest BCUT2D eigenvalue weighted by molar-refractivity contribution is -0.157. The minimum absolute atomic E-state index is 0.0216. The molecule has 0 saturated heterocycles. The summed E-state index contributed by atoms with van der Waals surface area (Å²) in [6.07, 6.45) is 28.8. The van der Waals surface area contributed by atoms with Gasteiger partial charge in [0.25, 0.3) is 0 Å². The Balaban J connectivity index is 1.96. The van der Waals surface area contributed by atoms with Crippen molar-refractivity contribution in [2.75, 3.05) is 0 Å². The van der Waals surface area contributed by atoms with E-state index in [4.69, 9.17) is 4.74 Å². The van der Waals surface area contributed by atoms with Crippen molar-refractivity contribution >= 4 is 17.5 Å². The van der Waals surface area contributed by atoms with Crippen molar-refractivity contribution in [2.45, 2.75) is 114 Å². The van der Waals surface area contributed by atoms with Gasteiger partial charge in [-0.05, 0) is 88.0 Å². The lowest BCUT2D eigenvalue weighted by Gasteiger charge is -2.36. The van der Waals surface area contributed by atoms with Crippen LogP contribution in [0.15, 0.2) is 130 Å². The molecule has 5 heteroatoms. The molecular formula is C44H58O5. The van der Waals surface area contributed by atoms with E-state index in [2.05, 4.69) is 64.2 Å². The number of hydrogen-bond donors (Lipinski definition) is 1. The Morgan fingerprint density at radius 3 is 1.69 bits per heavy atom. The third-order valence-corrected chi connectivity index (χ3v) is 9.05. The number of esters is 1. The molecule has 0 aliphatic heterocycles. The van der Waals surface area contributed by atoms with E-state index in [1.54, 1.807) is 6.92 Å². The van der Waals surface area contributed by atoms with Gasteiger partial charge in [-0.25, -0.2) is 0 Å². The molecule has 0 spiro atoms. The predicted molar refractivity (Wildman–Crippen MR) is 204 cm³/mol. The molecule has 1 N–H and O–H groups in total. The van der Waals surface area contributed by atoms with E-state index >= 15 is 0 Å². The Hall–Kier alpha value is -4.09. The van der Waals surface area contributed by atoms with Crippen molar-refractivity contribution in [2.24, 2.45) is 10.8 Å². The van der Waals surface area contributed by atoms with Gasteiger partial charge in [0.2, 0.25) is 0 Å². The number of Topliss-reactive ketones (excluding diaryl/α,β-unsaturated/α-hetero) is 2. The van der Waals surface area contributed by atoms with Gasteiger partial charge in [-0.1, -0.05) is 135 Å². The Morgan fingerprint density at radius 1 is 0.755 bits per heavy atom. The van der Waals surface area contributed by atoms with Crippen LogP contribution in [0.5, 0.6) is 0 Å². The van der Waals surface area contributed by atoms with Gasteiger partial charge in [-0.2, -0.15) is 0 Å². The van der Waals surface area contributed by atoms with E-state index in [0.717, 1.165) is 45.4 Å². The van der Waals surface area contributed by atoms with E-state index in [1.807, 2.05) is 83.2 Å². The molecule has 0 fully saturated rings. The first-order chi connectivity index (χ1) is 22.8. The summed E-state index contributed by atoms with van der Waals surface area (Å²) in [7, 11) is 0. The number of ketones is 2. The third kappa shape index (κ3) is 13.4. The SMILES string of the molecule is CC1=C(/C=C/C(C)=C/C=C/C(C)=C/C=C/C=C(C)/C=C/C=C(C)/C=C/C2=C(C)C(=O)[C@@H](OC(=O)C[C@@H](C)O)CC2(C)C)C(C)(C)CCC1=O. The van der Waals surface area contributed by atoms with Crippen molar-refractivity contribution in [1.29, 1.82) is 0 Å². The summed E-state index contributed by atoms with van der Waals surface area (Å²) in [6.45, 7) is 22.0. The Labute approximate surface area is 295 Å². The van der Waals surface area contributed by atoms with Crippen molar-refractivity contribution in [3.63, 3.8) is 0 Å². The van der Waals surface area contributed by atoms with Gasteiger partial charge in [-0.15, -0.1) is 0 Å². The van der Waals surface area contributed by atoms with Gasteiger partial charge < -0.3 is 9.84 Å². The summed E-state index contributed by atoms with van der Waals surface area (Å²) in [5.74, 6) is -0.485. The molecular weight excluding hydrogens is 608 g/mol. The standard InChI is InChI=1S/C44H58O5/c1-30(18-14-20-32(3)22-24-37-35(6)39(46)26-27-43(37,8)9)16-12-13-17-31(2)19-15-21-33(4)23-25-38-36(7)42(48)40(29-44(38,10)11)49-41(47)28-34(5)45/h12-25,34,40,45H,26-29H2,1-11H3/b13-12+,18-14+,19-15+,24-22+,25-23+,30-16+,31-17+,32-20+,33-21+/t34-,40+/m1/s1. The van der Waals surface area contributed by atoms with Gasteiger partial charge in [0.05, 0.1) is 12.5 Å². The maximum atomic E-state index is 13.0. The van der Waals surface area contributed by atoms with Crippen LogP contribution in [-0.2, 0) is 19.1 Å². The summed E-state index contributed by atoms with van der Waals surface area (Å²) >= 11 is 0. The normalized spacial score (nSPS) is 22.2. The molecule has 2 aliphatic carbocycles. The Morgan fingerprint density at radius 2 is 1.20 bits per heavy atom. The molecule has 5 nitrogen and oxygen atoms in total. The Bertz CT molecular complexity index is 1600. The first kappa shape index (κ1) is 41.1. The van der Waals surface area contributed by atoms with E-state index in [0.29, 0.717) is 18.4 Å². The maximum absolute atomic E-state index is 13.0. The molecule has 0 heterocycles. The molecule has 0 saturated carbocycles. The van der Waals surface area contributed by atoms with Gasteiger partial charge in [-0.3, -0.25) is 14.4 Å². The fourth-order valence-electron chi connectivity index (χ4n) is 5.97. The number of hydrogen-bond acceptors (Lipinski definition) is 5. The molecule has 0 unspecified atom stereocenters. The van der Waals surface area contributed by atoms with Gasteiger partial charge in [0.1, 0.15) is 0 Å². The van der Waals surface area contributed by atoms with Crippen LogP contribution in [-0.4, -0.2) is 34.9 Å². The molecule has 2 rings (SSSR count). The number of carbonyl (C=O) groups is 3. The molecule has 2 atom stereocenters. The summed E-state index contributed by atoms with van der Waals surface area (Å²) in [6, 6.07) is 0. The zero-order chi connectivity index (χ0) is 36.9. The molecule has 49 heavy (non-hydrogen) atoms. The summed E-state index contributed by atoms with van der Waals surface area (Å²) in [5.41, 5.74) is 7.64. The average molecular weight is 667 g/mol. The summed E-state index contributed by atoms with van der Waals surface area (Å²) < 4.78 is 5.42. The summed E-state index contributed by atoms with van der Waals surface area (Å²) in [4.78, 5) is 37.2. The van der Waals surface area contributed by atoms with Crippen LogP contribution < -0.4 is 0 Å². The highest BCUT2D eigenvalue weighted by Crippen LogP contribution is 2.41. The zero-order valence-corrected chi connectivity index (χ0v) is 31.6. The monoisotopic (exact) mass is 666 g/mol. The second kappa shape index (κ2) is 18.6. The van der Waals surface area contributed by atoms with Crippen LogP contribution in [0.1, 0.15) is 102 Å². The molecule has 0 bridgehead atoms. The highest BCUT2D eigenvalue weighted by Gasteiger charge is 2.40. The number of rotatable bonds is 13. The number of ether oxygens (including phenoxy) is 1. The van der Waals surface area contributed by atoms with Crippen LogP contribution in [0.3, 0.4) is 0 Å². The van der Waals surface area contributed by atoms with Crippen LogP contribution >= 0.6 is 0 Å². The van der Waals surface area contributed by atoms with Crippen LogP contribution in [0, 0.1) is 10.8 Å². The molecule has 2 aliphatic rings. The van der Waals surface area contributed by atoms with Crippen LogP contribution in [0.2, 0.25) is 0 Å². The van der Waals surface area contributed by atoms with Crippen LogP contribution in [0.25, 0.3) is 0 Å². The van der Waals surface area contributed by atoms with E-state index < -0.39 is 18.2 Å². The van der Waals surface area contributed by atoms with Crippen molar-refractivity contribution in [1.82, 2.24) is 0 Å². The van der Waals surface area contributed by atoms with Crippen molar-refractivity contribution in [3.8, 4) is 0 Å². The van der Waals surface area contributed by atoms with Crippen molar-refractivity contribution < 1.29 is 24.2 Å². The van der Waals surface area contributed by atoms with Crippen molar-refractivity contribution in [3.05, 3.63) is 130 Å². The highest BCUT2D eigenvalue weighted by atomic mass is 16.5. The largest absolute Gasteiger partial charge is 0.454 e. The van der Waals surface area contributed by atoms with Gasteiger partial charge >= 0.3 is 5.97 Å². The molecule has 0 amide bonds. The smallest absolute Gasteiger partial charge is 0.309 e. The van der Waals surface area contributed by atoms with Gasteiger partial charge in [0.15, 0.2) is 17.7 Å². The first-order valence-electron chi connectivity index (χ1n) is 17.3. The highest BCUT2D eigenvalue weighted by molar-refractivity contribution is 6.01. The fourth-order valence-corrected chi connectivity index (χ4v) is 5.97. The summed E-state index contributed by atoms with van der Waals surface area (Å²) in [5, 5.41) is 9.45. The number of allylic oxidation sites excluding steroid dienone is 21. The second-order valence-corrected chi connectivity index (χ2v) is 14.8. The lowest BCUT2D eigenvalue weighted by Crippen LogP contribution is -2.39. The number of aliphatic hydroxyl groups excluding tert-OH is 1.